The van der Waals surface area contributed by atoms with Gasteiger partial charge < -0.3 is 9.47 Å². The minimum Gasteiger partial charge on any atom is -0.487 e. The zero-order valence-electron chi connectivity index (χ0n) is 12.7. The first kappa shape index (κ1) is 15.3. The molecule has 0 atom stereocenters. The summed E-state index contributed by atoms with van der Waals surface area (Å²) in [5, 5.41) is 0. The van der Waals surface area contributed by atoms with E-state index in [-0.39, 0.29) is 24.2 Å². The van der Waals surface area contributed by atoms with Crippen LogP contribution in [0.2, 0.25) is 0 Å². The van der Waals surface area contributed by atoms with Gasteiger partial charge in [0.15, 0.2) is 11.5 Å². The lowest BCUT2D eigenvalue weighted by Gasteiger charge is -2.21. The Balaban J connectivity index is 1.57. The molecule has 4 heteroatoms. The minimum absolute atomic E-state index is 0.00563. The van der Waals surface area contributed by atoms with Crippen molar-refractivity contribution < 1.29 is 18.3 Å². The molecular weight excluding hydrogens is 286 g/mol. The predicted molar refractivity (Wildman–Crippen MR) is 81.2 cm³/mol. The van der Waals surface area contributed by atoms with Crippen molar-refractivity contribution in [1.82, 2.24) is 0 Å². The van der Waals surface area contributed by atoms with Crippen molar-refractivity contribution in [3.63, 3.8) is 0 Å². The molecule has 0 radical (unpaired) electrons. The average molecular weight is 308 g/mol. The number of hydrogen-bond acceptors (Lipinski definition) is 2. The quantitative estimate of drug-likeness (QED) is 0.687. The Kier molecular flexibility index (Phi) is 4.96. The average Bonchev–Trinajstić information content (AvgIpc) is 2.97. The third-order valence-electron chi connectivity index (χ3n) is 4.50. The van der Waals surface area contributed by atoms with Crippen molar-refractivity contribution in [3.8, 4) is 11.5 Å². The van der Waals surface area contributed by atoms with Gasteiger partial charge in [0.25, 0.3) is 0 Å². The first-order chi connectivity index (χ1) is 10.7. The maximum Gasteiger partial charge on any atom is 0.204 e. The molecule has 2 aliphatic carbocycles. The first-order valence-electron chi connectivity index (χ1n) is 8.18. The molecule has 0 aliphatic heterocycles. The van der Waals surface area contributed by atoms with E-state index in [1.54, 1.807) is 0 Å². The van der Waals surface area contributed by atoms with Crippen LogP contribution in [0, 0.1) is 17.6 Å². The molecule has 0 unspecified atom stereocenters. The van der Waals surface area contributed by atoms with Gasteiger partial charge in [-0.15, -0.1) is 0 Å². The number of halogens is 2. The van der Waals surface area contributed by atoms with Crippen LogP contribution >= 0.6 is 0 Å². The van der Waals surface area contributed by atoms with E-state index in [1.807, 2.05) is 6.08 Å². The maximum absolute atomic E-state index is 14.0. The number of rotatable bonds is 6. The number of ether oxygens (including phenoxy) is 2. The summed E-state index contributed by atoms with van der Waals surface area (Å²) in [5.74, 6) is -1.36. The van der Waals surface area contributed by atoms with Crippen LogP contribution in [-0.2, 0) is 0 Å². The topological polar surface area (TPSA) is 18.5 Å². The second-order valence-electron chi connectivity index (χ2n) is 6.14. The fourth-order valence-corrected chi connectivity index (χ4v) is 2.92. The van der Waals surface area contributed by atoms with E-state index >= 15 is 0 Å². The molecule has 0 spiro atoms. The molecular formula is C18H22F2O2. The van der Waals surface area contributed by atoms with Crippen molar-refractivity contribution in [2.24, 2.45) is 5.92 Å². The van der Waals surface area contributed by atoms with Crippen molar-refractivity contribution in [1.29, 1.82) is 0 Å². The van der Waals surface area contributed by atoms with Crippen molar-refractivity contribution >= 4 is 0 Å². The molecule has 1 aromatic carbocycles. The van der Waals surface area contributed by atoms with Gasteiger partial charge in [0.05, 0.1) is 6.10 Å². The fraction of sp³-hybridized carbons (Fsp3) is 0.556. The zero-order valence-corrected chi connectivity index (χ0v) is 12.7. The summed E-state index contributed by atoms with van der Waals surface area (Å²) in [7, 11) is 0. The number of benzene rings is 1. The van der Waals surface area contributed by atoms with Crippen LogP contribution in [0.4, 0.5) is 8.78 Å². The Morgan fingerprint density at radius 1 is 0.955 bits per heavy atom. The van der Waals surface area contributed by atoms with Gasteiger partial charge in [-0.1, -0.05) is 18.6 Å². The molecule has 2 fully saturated rings. The highest BCUT2D eigenvalue weighted by Crippen LogP contribution is 2.31. The van der Waals surface area contributed by atoms with E-state index in [4.69, 9.17) is 9.47 Å². The Morgan fingerprint density at radius 2 is 1.64 bits per heavy atom. The van der Waals surface area contributed by atoms with Crippen molar-refractivity contribution in [2.45, 2.75) is 51.0 Å². The molecule has 2 aliphatic rings. The van der Waals surface area contributed by atoms with Gasteiger partial charge in [0, 0.05) is 0 Å². The van der Waals surface area contributed by atoms with E-state index in [2.05, 4.69) is 6.08 Å². The monoisotopic (exact) mass is 308 g/mol. The second kappa shape index (κ2) is 7.12. The van der Waals surface area contributed by atoms with Crippen LogP contribution < -0.4 is 9.47 Å². The normalized spacial score (nSPS) is 19.5. The van der Waals surface area contributed by atoms with Gasteiger partial charge in [-0.25, -0.2) is 0 Å². The first-order valence-corrected chi connectivity index (χ1v) is 8.18. The molecule has 0 N–H and O–H groups in total. The molecule has 3 rings (SSSR count). The highest BCUT2D eigenvalue weighted by atomic mass is 19.2. The molecule has 120 valence electrons. The lowest BCUT2D eigenvalue weighted by Crippen LogP contribution is -2.12. The molecule has 2 saturated carbocycles. The third kappa shape index (κ3) is 3.60. The molecule has 0 saturated heterocycles. The summed E-state index contributed by atoms with van der Waals surface area (Å²) >= 11 is 0. The largest absolute Gasteiger partial charge is 0.487 e. The van der Waals surface area contributed by atoms with Gasteiger partial charge in [-0.3, -0.25) is 0 Å². The van der Waals surface area contributed by atoms with E-state index in [0.29, 0.717) is 5.92 Å². The predicted octanol–water partition coefficient (Wildman–Crippen LogP) is 5.02. The van der Waals surface area contributed by atoms with E-state index < -0.39 is 11.6 Å². The van der Waals surface area contributed by atoms with E-state index in [9.17, 15) is 8.78 Å². The Labute approximate surface area is 130 Å². The summed E-state index contributed by atoms with van der Waals surface area (Å²) in [6, 6.07) is 2.90. The molecule has 22 heavy (non-hydrogen) atoms. The van der Waals surface area contributed by atoms with Crippen LogP contribution in [0.3, 0.4) is 0 Å². The fourth-order valence-electron chi connectivity index (χ4n) is 2.92. The molecule has 2 nitrogen and oxygen atoms in total. The van der Waals surface area contributed by atoms with Gasteiger partial charge in [0.1, 0.15) is 6.61 Å². The van der Waals surface area contributed by atoms with Crippen molar-refractivity contribution in [3.05, 3.63) is 35.9 Å². The molecule has 0 bridgehead atoms. The summed E-state index contributed by atoms with van der Waals surface area (Å²) in [5.41, 5.74) is 0. The maximum atomic E-state index is 14.0. The molecule has 0 heterocycles. The lowest BCUT2D eigenvalue weighted by atomic mass is 9.85. The van der Waals surface area contributed by atoms with Crippen LogP contribution in [0.15, 0.2) is 24.3 Å². The smallest absolute Gasteiger partial charge is 0.204 e. The summed E-state index contributed by atoms with van der Waals surface area (Å²) in [6.07, 6.45) is 11.7. The van der Waals surface area contributed by atoms with Gasteiger partial charge in [0.2, 0.25) is 11.6 Å². The summed E-state index contributed by atoms with van der Waals surface area (Å²) in [6.45, 7) is 0.260. The minimum atomic E-state index is -0.965. The zero-order chi connectivity index (χ0) is 15.4. The van der Waals surface area contributed by atoms with Gasteiger partial charge >= 0.3 is 0 Å². The standard InChI is InChI=1S/C18H22F2O2/c19-17-15(21-12-4-7-13-5-3-6-13)10-11-16(18(17)20)22-14-8-1-2-9-14/h4,7,10-11,13-14H,1-3,5-6,8-9,12H2/b7-4+. The molecule has 0 amide bonds. The summed E-state index contributed by atoms with van der Waals surface area (Å²) < 4.78 is 38.9. The van der Waals surface area contributed by atoms with Gasteiger partial charge in [-0.2, -0.15) is 8.78 Å². The van der Waals surface area contributed by atoms with Crippen LogP contribution in [0.1, 0.15) is 44.9 Å². The lowest BCUT2D eigenvalue weighted by molar-refractivity contribution is 0.197. The Morgan fingerprint density at radius 3 is 2.32 bits per heavy atom. The van der Waals surface area contributed by atoms with Gasteiger partial charge in [-0.05, 0) is 56.6 Å². The Hall–Kier alpha value is -1.58. The molecule has 0 aromatic heterocycles. The SMILES string of the molecule is Fc1c(OC/C=C/C2CCC2)ccc(OC2CCCC2)c1F. The van der Waals surface area contributed by atoms with E-state index in [0.717, 1.165) is 25.7 Å². The summed E-state index contributed by atoms with van der Waals surface area (Å²) in [4.78, 5) is 0. The van der Waals surface area contributed by atoms with E-state index in [1.165, 1.54) is 31.4 Å². The second-order valence-corrected chi connectivity index (χ2v) is 6.14. The third-order valence-corrected chi connectivity index (χ3v) is 4.50. The number of hydrogen-bond donors (Lipinski definition) is 0. The van der Waals surface area contributed by atoms with Crippen LogP contribution in [0.5, 0.6) is 11.5 Å². The highest BCUT2D eigenvalue weighted by molar-refractivity contribution is 5.35. The van der Waals surface area contributed by atoms with Crippen LogP contribution in [0.25, 0.3) is 0 Å². The highest BCUT2D eigenvalue weighted by Gasteiger charge is 2.21. The number of allylic oxidation sites excluding steroid dienone is 1. The van der Waals surface area contributed by atoms with Crippen molar-refractivity contribution in [2.75, 3.05) is 6.61 Å². The van der Waals surface area contributed by atoms with Crippen LogP contribution in [-0.4, -0.2) is 12.7 Å². The Bertz CT molecular complexity index is 532. The molecule has 1 aromatic rings.